The van der Waals surface area contributed by atoms with Gasteiger partial charge < -0.3 is 33.9 Å². The van der Waals surface area contributed by atoms with Crippen LogP contribution in [0, 0.1) is 23.7 Å². The molecule has 6 rings (SSSR count). The van der Waals surface area contributed by atoms with Crippen LogP contribution in [0.4, 0.5) is 0 Å². The van der Waals surface area contributed by atoms with Crippen LogP contribution in [0.3, 0.4) is 0 Å². The van der Waals surface area contributed by atoms with Gasteiger partial charge in [0.15, 0.2) is 18.2 Å². The molecule has 2 bridgehead atoms. The van der Waals surface area contributed by atoms with Crippen molar-refractivity contribution in [3.05, 3.63) is 0 Å². The molecule has 5 aliphatic heterocycles. The maximum Gasteiger partial charge on any atom is 0.305 e. The van der Waals surface area contributed by atoms with E-state index in [0.717, 1.165) is 38.5 Å². The zero-order valence-electron chi connectivity index (χ0n) is 24.8. The van der Waals surface area contributed by atoms with Gasteiger partial charge in [0.2, 0.25) is 5.79 Å². The molecule has 5 saturated heterocycles. The molecule has 5 heterocycles. The Balaban J connectivity index is 1.03. The van der Waals surface area contributed by atoms with Crippen molar-refractivity contribution in [2.24, 2.45) is 23.7 Å². The van der Waals surface area contributed by atoms with E-state index in [1.807, 2.05) is 13.8 Å². The summed E-state index contributed by atoms with van der Waals surface area (Å²) in [7, 11) is 0. The number of aliphatic hydroxyl groups is 2. The SMILES string of the molecule is C[C@H]1[C@@H](CCOC(=O)CCCC[C@@H](C)O[C@@H]2O[C@@H](C)[C@H](O)C[C@H]2O)O[C@@H]2O[C@@]3(C)CC[C@H]4[C@H](C)CC[C@@H]1[C@@]24OO3. The number of unbranched alkanes of at least 4 members (excludes halogenated alkanes) is 1. The highest BCUT2D eigenvalue weighted by Crippen LogP contribution is 2.60. The largest absolute Gasteiger partial charge is 0.466 e. The lowest BCUT2D eigenvalue weighted by Gasteiger charge is -2.60. The van der Waals surface area contributed by atoms with Crippen LogP contribution in [0.15, 0.2) is 0 Å². The van der Waals surface area contributed by atoms with Crippen molar-refractivity contribution in [3.63, 3.8) is 0 Å². The van der Waals surface area contributed by atoms with Crippen LogP contribution in [0.2, 0.25) is 0 Å². The highest BCUT2D eigenvalue weighted by Gasteiger charge is 2.69. The maximum absolute atomic E-state index is 12.4. The van der Waals surface area contributed by atoms with E-state index in [9.17, 15) is 15.0 Å². The number of ether oxygens (including phenoxy) is 5. The number of hydrogen-bond acceptors (Lipinski definition) is 10. The Morgan fingerprint density at radius 1 is 1.02 bits per heavy atom. The molecule has 1 spiro atoms. The third-order valence-corrected chi connectivity index (χ3v) is 10.3. The Hall–Kier alpha value is -0.850. The third kappa shape index (κ3) is 6.11. The first-order valence-corrected chi connectivity index (χ1v) is 15.5. The van der Waals surface area contributed by atoms with E-state index in [1.165, 1.54) is 0 Å². The molecular weight excluding hydrogens is 520 g/mol. The second-order valence-corrected chi connectivity index (χ2v) is 13.2. The number of esters is 1. The molecule has 0 amide bonds. The summed E-state index contributed by atoms with van der Waals surface area (Å²) in [5.74, 6) is 0.378. The van der Waals surface area contributed by atoms with Crippen LogP contribution >= 0.6 is 0 Å². The predicted octanol–water partition coefficient (Wildman–Crippen LogP) is 3.99. The van der Waals surface area contributed by atoms with Gasteiger partial charge in [0.25, 0.3) is 0 Å². The smallest absolute Gasteiger partial charge is 0.305 e. The summed E-state index contributed by atoms with van der Waals surface area (Å²) in [6.45, 7) is 10.5. The van der Waals surface area contributed by atoms with Crippen molar-refractivity contribution in [1.82, 2.24) is 0 Å². The number of aliphatic hydroxyl groups excluding tert-OH is 2. The summed E-state index contributed by atoms with van der Waals surface area (Å²) in [6.07, 6.45) is 4.13. The van der Waals surface area contributed by atoms with Crippen molar-refractivity contribution in [2.75, 3.05) is 6.61 Å². The van der Waals surface area contributed by atoms with Gasteiger partial charge in [-0.25, -0.2) is 9.78 Å². The highest BCUT2D eigenvalue weighted by atomic mass is 17.3. The van der Waals surface area contributed by atoms with Gasteiger partial charge in [0, 0.05) is 31.6 Å². The lowest BCUT2D eigenvalue weighted by molar-refractivity contribution is -0.571. The number of rotatable bonds is 10. The van der Waals surface area contributed by atoms with Gasteiger partial charge in [-0.15, -0.1) is 0 Å². The van der Waals surface area contributed by atoms with Crippen LogP contribution < -0.4 is 0 Å². The van der Waals surface area contributed by atoms with Crippen molar-refractivity contribution in [1.29, 1.82) is 0 Å². The van der Waals surface area contributed by atoms with E-state index < -0.39 is 36.2 Å². The lowest BCUT2D eigenvalue weighted by Crippen LogP contribution is -2.70. The van der Waals surface area contributed by atoms with E-state index in [-0.39, 0.29) is 42.5 Å². The van der Waals surface area contributed by atoms with E-state index in [0.29, 0.717) is 37.7 Å². The average molecular weight is 571 g/mol. The van der Waals surface area contributed by atoms with E-state index in [4.69, 9.17) is 33.5 Å². The van der Waals surface area contributed by atoms with Crippen LogP contribution in [0.5, 0.6) is 0 Å². The Morgan fingerprint density at radius 2 is 1.82 bits per heavy atom. The minimum atomic E-state index is -0.846. The van der Waals surface area contributed by atoms with Crippen LogP contribution in [-0.4, -0.2) is 77.3 Å². The third-order valence-electron chi connectivity index (χ3n) is 10.3. The molecule has 0 radical (unpaired) electrons. The minimum absolute atomic E-state index is 0.0757. The topological polar surface area (TPSA) is 122 Å². The van der Waals surface area contributed by atoms with Gasteiger partial charge in [-0.2, -0.15) is 0 Å². The molecule has 0 aromatic rings. The molecule has 40 heavy (non-hydrogen) atoms. The van der Waals surface area contributed by atoms with Crippen LogP contribution in [0.25, 0.3) is 0 Å². The molecule has 6 fully saturated rings. The number of hydrogen-bond donors (Lipinski definition) is 2. The van der Waals surface area contributed by atoms with Crippen molar-refractivity contribution >= 4 is 5.97 Å². The van der Waals surface area contributed by atoms with Gasteiger partial charge in [0.05, 0.1) is 31.0 Å². The Kier molecular flexibility index (Phi) is 9.49. The lowest BCUT2D eigenvalue weighted by atomic mass is 9.57. The molecule has 13 atom stereocenters. The standard InChI is InChI=1S/C30H50O10/c1-17-10-11-22-19(3)25(37-28-30(22)21(17)12-14-29(5,38-28)39-40-30)13-15-34-26(33)9-7-6-8-18(2)35-27-24(32)16-23(31)20(4)36-27/h17-25,27-28,31-32H,6-16H2,1-5H3/t17-,18-,19-,20+,21+,22+,23-,24-,25-,27-,28-,29-,30-/m1/s1. The summed E-state index contributed by atoms with van der Waals surface area (Å²) in [5.41, 5.74) is -0.568. The zero-order chi connectivity index (χ0) is 28.7. The number of carbonyl (C=O) groups excluding carboxylic acids is 1. The monoisotopic (exact) mass is 570 g/mol. The van der Waals surface area contributed by atoms with Gasteiger partial charge in [0.1, 0.15) is 6.10 Å². The molecule has 0 aromatic heterocycles. The van der Waals surface area contributed by atoms with E-state index in [2.05, 4.69) is 13.8 Å². The van der Waals surface area contributed by atoms with Crippen LogP contribution in [-0.2, 0) is 38.3 Å². The summed E-state index contributed by atoms with van der Waals surface area (Å²) >= 11 is 0. The Bertz CT molecular complexity index is 871. The van der Waals surface area contributed by atoms with Gasteiger partial charge in [-0.05, 0) is 70.6 Å². The first-order chi connectivity index (χ1) is 19.0. The molecule has 230 valence electrons. The van der Waals surface area contributed by atoms with Crippen molar-refractivity contribution in [2.45, 2.75) is 153 Å². The number of fused-ring (bicyclic) bond motifs is 2. The number of carbonyl (C=O) groups is 1. The first-order valence-electron chi connectivity index (χ1n) is 15.5. The predicted molar refractivity (Wildman–Crippen MR) is 142 cm³/mol. The zero-order valence-corrected chi connectivity index (χ0v) is 24.8. The summed E-state index contributed by atoms with van der Waals surface area (Å²) in [6, 6.07) is 0. The minimum Gasteiger partial charge on any atom is -0.466 e. The van der Waals surface area contributed by atoms with Crippen LogP contribution in [0.1, 0.15) is 98.8 Å². The first kappa shape index (κ1) is 30.6. The normalized spacial score (nSPS) is 47.3. The molecular formula is C30H50O10. The molecule has 6 aliphatic rings. The fraction of sp³-hybridized carbons (Fsp3) is 0.967. The summed E-state index contributed by atoms with van der Waals surface area (Å²) < 4.78 is 30.0. The fourth-order valence-electron chi connectivity index (χ4n) is 7.73. The van der Waals surface area contributed by atoms with Gasteiger partial charge >= 0.3 is 5.97 Å². The average Bonchev–Trinajstić information content (AvgIpc) is 3.14. The molecule has 0 unspecified atom stereocenters. The summed E-state index contributed by atoms with van der Waals surface area (Å²) in [4.78, 5) is 24.5. The van der Waals surface area contributed by atoms with Gasteiger partial charge in [-0.1, -0.05) is 20.3 Å². The second kappa shape index (κ2) is 12.4. The molecule has 10 nitrogen and oxygen atoms in total. The quantitative estimate of drug-likeness (QED) is 0.226. The second-order valence-electron chi connectivity index (χ2n) is 13.2. The Morgan fingerprint density at radius 3 is 2.62 bits per heavy atom. The summed E-state index contributed by atoms with van der Waals surface area (Å²) in [5, 5.41) is 19.9. The van der Waals surface area contributed by atoms with E-state index >= 15 is 0 Å². The molecule has 1 saturated carbocycles. The highest BCUT2D eigenvalue weighted by molar-refractivity contribution is 5.69. The molecule has 2 N–H and O–H groups in total. The Labute approximate surface area is 238 Å². The fourth-order valence-corrected chi connectivity index (χ4v) is 7.73. The molecule has 10 heteroatoms. The van der Waals surface area contributed by atoms with Gasteiger partial charge in [-0.3, -0.25) is 4.79 Å². The van der Waals surface area contributed by atoms with Crippen molar-refractivity contribution < 1.29 is 48.5 Å². The maximum atomic E-state index is 12.4. The molecule has 1 aliphatic carbocycles. The van der Waals surface area contributed by atoms with E-state index in [1.54, 1.807) is 6.92 Å². The van der Waals surface area contributed by atoms with Crippen molar-refractivity contribution in [3.8, 4) is 0 Å². The molecule has 0 aromatic carbocycles.